The molecule has 1 N–H and O–H groups in total. The number of fused-ring (bicyclic) bond motifs is 1. The fourth-order valence-electron chi connectivity index (χ4n) is 3.68. The van der Waals surface area contributed by atoms with E-state index in [-0.39, 0.29) is 11.8 Å². The van der Waals surface area contributed by atoms with Crippen LogP contribution in [0.1, 0.15) is 34.5 Å². The number of pyridine rings is 1. The minimum absolute atomic E-state index is 0.0663. The first-order chi connectivity index (χ1) is 14.0. The Kier molecular flexibility index (Phi) is 4.92. The summed E-state index contributed by atoms with van der Waals surface area (Å²) in [6.07, 6.45) is 1.35. The van der Waals surface area contributed by atoms with Crippen LogP contribution in [0.25, 0.3) is 10.9 Å². The summed E-state index contributed by atoms with van der Waals surface area (Å²) in [5.74, 6) is 0.440. The highest BCUT2D eigenvalue weighted by Crippen LogP contribution is 2.34. The lowest BCUT2D eigenvalue weighted by Crippen LogP contribution is -2.24. The lowest BCUT2D eigenvalue weighted by atomic mass is 10.1. The van der Waals surface area contributed by atoms with Crippen LogP contribution in [-0.4, -0.2) is 30.5 Å². The number of hydrogen-bond acceptors (Lipinski definition) is 4. The van der Waals surface area contributed by atoms with Crippen molar-refractivity contribution in [2.45, 2.75) is 26.7 Å². The first-order valence-electron chi connectivity index (χ1n) is 9.64. The molecule has 0 aliphatic carbocycles. The average Bonchev–Trinajstić information content (AvgIpc) is 3.13. The molecule has 1 aliphatic rings. The molecule has 1 aliphatic heterocycles. The van der Waals surface area contributed by atoms with Gasteiger partial charge in [0.1, 0.15) is 5.75 Å². The summed E-state index contributed by atoms with van der Waals surface area (Å²) < 4.78 is 5.41. The molecule has 4 rings (SSSR count). The number of anilines is 2. The van der Waals surface area contributed by atoms with Gasteiger partial charge in [-0.15, -0.1) is 0 Å². The van der Waals surface area contributed by atoms with E-state index in [2.05, 4.69) is 10.3 Å². The fraction of sp³-hybridized carbons (Fsp3) is 0.261. The van der Waals surface area contributed by atoms with Gasteiger partial charge in [0.15, 0.2) is 0 Å². The number of methoxy groups -OCH3 is 1. The molecule has 3 aromatic rings. The fourth-order valence-corrected chi connectivity index (χ4v) is 3.68. The highest BCUT2D eigenvalue weighted by molar-refractivity contribution is 6.07. The predicted octanol–water partition coefficient (Wildman–Crippen LogP) is 4.24. The zero-order valence-electron chi connectivity index (χ0n) is 16.8. The van der Waals surface area contributed by atoms with Gasteiger partial charge in [0.2, 0.25) is 5.91 Å². The van der Waals surface area contributed by atoms with E-state index >= 15 is 0 Å². The summed E-state index contributed by atoms with van der Waals surface area (Å²) in [7, 11) is 1.57. The first kappa shape index (κ1) is 18.9. The molecule has 0 radical (unpaired) electrons. The maximum atomic E-state index is 12.9. The topological polar surface area (TPSA) is 71.5 Å². The maximum absolute atomic E-state index is 12.9. The van der Waals surface area contributed by atoms with Crippen LogP contribution in [0.2, 0.25) is 0 Å². The lowest BCUT2D eigenvalue weighted by Gasteiger charge is -2.20. The Labute approximate surface area is 169 Å². The maximum Gasteiger partial charge on any atom is 0.257 e. The van der Waals surface area contributed by atoms with Crippen molar-refractivity contribution in [3.8, 4) is 5.75 Å². The molecular weight excluding hydrogens is 366 g/mol. The predicted molar refractivity (Wildman–Crippen MR) is 114 cm³/mol. The zero-order chi connectivity index (χ0) is 20.5. The average molecular weight is 389 g/mol. The summed E-state index contributed by atoms with van der Waals surface area (Å²) in [4.78, 5) is 31.4. The van der Waals surface area contributed by atoms with Crippen LogP contribution in [-0.2, 0) is 4.79 Å². The van der Waals surface area contributed by atoms with Gasteiger partial charge in [-0.05, 0) is 56.2 Å². The Morgan fingerprint density at radius 1 is 1.14 bits per heavy atom. The van der Waals surface area contributed by atoms with Crippen LogP contribution in [0.15, 0.2) is 42.5 Å². The monoisotopic (exact) mass is 389 g/mol. The van der Waals surface area contributed by atoms with Crippen molar-refractivity contribution in [2.75, 3.05) is 23.9 Å². The number of carbonyl (C=O) groups is 2. The van der Waals surface area contributed by atoms with Crippen molar-refractivity contribution in [1.82, 2.24) is 4.98 Å². The van der Waals surface area contributed by atoms with E-state index in [0.29, 0.717) is 41.3 Å². The second kappa shape index (κ2) is 7.54. The number of carbonyl (C=O) groups excluding carboxylic acids is 2. The number of nitrogens with one attached hydrogen (secondary N) is 1. The highest BCUT2D eigenvalue weighted by atomic mass is 16.5. The largest absolute Gasteiger partial charge is 0.495 e. The SMILES string of the molecule is COc1ccc(NC(=O)c2cc3ccc(C)cc3nc2C)cc1N1CCCC1=O. The number of aromatic nitrogens is 1. The van der Waals surface area contributed by atoms with Gasteiger partial charge in [-0.2, -0.15) is 0 Å². The van der Waals surface area contributed by atoms with Crippen LogP contribution in [0.3, 0.4) is 0 Å². The molecule has 6 heteroatoms. The Bertz CT molecular complexity index is 1120. The molecule has 0 atom stereocenters. The number of amides is 2. The molecule has 0 bridgehead atoms. The summed E-state index contributed by atoms with van der Waals surface area (Å²) >= 11 is 0. The number of aryl methyl sites for hydroxylation is 2. The summed E-state index contributed by atoms with van der Waals surface area (Å²) in [5.41, 5.74) is 4.48. The second-order valence-electron chi connectivity index (χ2n) is 7.31. The number of ether oxygens (including phenoxy) is 1. The summed E-state index contributed by atoms with van der Waals surface area (Å²) in [6, 6.07) is 13.2. The Balaban J connectivity index is 1.65. The third kappa shape index (κ3) is 3.66. The van der Waals surface area contributed by atoms with Crippen LogP contribution in [0.4, 0.5) is 11.4 Å². The molecule has 0 saturated carbocycles. The highest BCUT2D eigenvalue weighted by Gasteiger charge is 2.25. The molecule has 2 heterocycles. The smallest absolute Gasteiger partial charge is 0.257 e. The third-order valence-electron chi connectivity index (χ3n) is 5.21. The van der Waals surface area contributed by atoms with Crippen LogP contribution < -0.4 is 15.0 Å². The van der Waals surface area contributed by atoms with Gasteiger partial charge < -0.3 is 15.0 Å². The molecule has 148 valence electrons. The van der Waals surface area contributed by atoms with E-state index in [1.54, 1.807) is 30.2 Å². The molecule has 1 aromatic heterocycles. The summed E-state index contributed by atoms with van der Waals surface area (Å²) in [5, 5.41) is 3.85. The van der Waals surface area contributed by atoms with Crippen molar-refractivity contribution in [1.29, 1.82) is 0 Å². The van der Waals surface area contributed by atoms with Gasteiger partial charge in [0.25, 0.3) is 5.91 Å². The standard InChI is InChI=1S/C23H23N3O3/c1-14-6-7-16-12-18(15(2)24-19(16)11-14)23(28)25-17-8-9-21(29-3)20(13-17)26-10-4-5-22(26)27/h6-9,11-13H,4-5,10H2,1-3H3,(H,25,28). The van der Waals surface area contributed by atoms with Gasteiger partial charge in [-0.3, -0.25) is 14.6 Å². The van der Waals surface area contributed by atoms with Gasteiger partial charge in [0.05, 0.1) is 29.6 Å². The van der Waals surface area contributed by atoms with E-state index in [4.69, 9.17) is 4.74 Å². The van der Waals surface area contributed by atoms with Crippen molar-refractivity contribution in [2.24, 2.45) is 0 Å². The van der Waals surface area contributed by atoms with Crippen molar-refractivity contribution in [3.05, 3.63) is 59.3 Å². The molecule has 6 nitrogen and oxygen atoms in total. The molecule has 2 aromatic carbocycles. The minimum atomic E-state index is -0.235. The van der Waals surface area contributed by atoms with Gasteiger partial charge >= 0.3 is 0 Å². The third-order valence-corrected chi connectivity index (χ3v) is 5.21. The van der Waals surface area contributed by atoms with E-state index in [1.807, 2.05) is 38.1 Å². The van der Waals surface area contributed by atoms with Crippen molar-refractivity contribution < 1.29 is 14.3 Å². The van der Waals surface area contributed by atoms with Gasteiger partial charge in [-0.1, -0.05) is 12.1 Å². The molecule has 1 fully saturated rings. The number of benzene rings is 2. The number of nitrogens with zero attached hydrogens (tertiary/aromatic N) is 2. The first-order valence-corrected chi connectivity index (χ1v) is 9.64. The molecule has 0 unspecified atom stereocenters. The van der Waals surface area contributed by atoms with Gasteiger partial charge in [0, 0.05) is 24.0 Å². The Morgan fingerprint density at radius 2 is 1.97 bits per heavy atom. The van der Waals surface area contributed by atoms with Crippen LogP contribution in [0, 0.1) is 13.8 Å². The summed E-state index contributed by atoms with van der Waals surface area (Å²) in [6.45, 7) is 4.50. The molecular formula is C23H23N3O3. The van der Waals surface area contributed by atoms with E-state index in [1.165, 1.54) is 0 Å². The second-order valence-corrected chi connectivity index (χ2v) is 7.31. The van der Waals surface area contributed by atoms with E-state index in [0.717, 1.165) is 22.9 Å². The van der Waals surface area contributed by atoms with E-state index in [9.17, 15) is 9.59 Å². The van der Waals surface area contributed by atoms with E-state index < -0.39 is 0 Å². The van der Waals surface area contributed by atoms with Crippen LogP contribution in [0.5, 0.6) is 5.75 Å². The molecule has 1 saturated heterocycles. The van der Waals surface area contributed by atoms with Crippen molar-refractivity contribution in [3.63, 3.8) is 0 Å². The van der Waals surface area contributed by atoms with Gasteiger partial charge in [-0.25, -0.2) is 0 Å². The normalized spacial score (nSPS) is 13.8. The molecule has 29 heavy (non-hydrogen) atoms. The Morgan fingerprint density at radius 3 is 2.69 bits per heavy atom. The number of rotatable bonds is 4. The number of hydrogen-bond donors (Lipinski definition) is 1. The zero-order valence-corrected chi connectivity index (χ0v) is 16.8. The molecule has 0 spiro atoms. The van der Waals surface area contributed by atoms with Crippen LogP contribution >= 0.6 is 0 Å². The lowest BCUT2D eigenvalue weighted by molar-refractivity contribution is -0.117. The quantitative estimate of drug-likeness (QED) is 0.724. The van der Waals surface area contributed by atoms with Crippen molar-refractivity contribution >= 4 is 34.1 Å². The molecule has 2 amide bonds. The minimum Gasteiger partial charge on any atom is -0.495 e. The Hall–Kier alpha value is -3.41.